The Labute approximate surface area is 123 Å². The van der Waals surface area contributed by atoms with E-state index in [4.69, 9.17) is 5.84 Å². The topological polar surface area (TPSA) is 89.6 Å². The molecule has 0 bridgehead atoms. The lowest BCUT2D eigenvalue weighted by molar-refractivity contribution is 0.945. The van der Waals surface area contributed by atoms with Gasteiger partial charge in [-0.15, -0.1) is 11.3 Å². The first-order valence-electron chi connectivity index (χ1n) is 5.88. The minimum absolute atomic E-state index is 0.603. The fraction of sp³-hybridized carbons (Fsp3) is 0.167. The van der Waals surface area contributed by atoms with Gasteiger partial charge in [0.25, 0.3) is 0 Å². The molecule has 0 saturated carbocycles. The molecule has 0 atom stereocenters. The highest BCUT2D eigenvalue weighted by molar-refractivity contribution is 7.98. The lowest BCUT2D eigenvalue weighted by atomic mass is 10.4. The van der Waals surface area contributed by atoms with Crippen molar-refractivity contribution in [1.29, 1.82) is 0 Å². The zero-order chi connectivity index (χ0) is 13.9. The zero-order valence-corrected chi connectivity index (χ0v) is 12.3. The van der Waals surface area contributed by atoms with Crippen molar-refractivity contribution in [1.82, 2.24) is 19.9 Å². The first-order valence-corrected chi connectivity index (χ1v) is 7.75. The number of anilines is 1. The average Bonchev–Trinajstić information content (AvgIpc) is 2.94. The Morgan fingerprint density at radius 2 is 2.10 bits per heavy atom. The number of rotatable bonds is 4. The molecular weight excluding hydrogens is 292 g/mol. The second kappa shape index (κ2) is 5.70. The lowest BCUT2D eigenvalue weighted by Gasteiger charge is -2.04. The molecule has 8 heteroatoms. The maximum atomic E-state index is 5.50. The van der Waals surface area contributed by atoms with Gasteiger partial charge in [0.05, 0.1) is 11.1 Å². The zero-order valence-electron chi connectivity index (χ0n) is 10.7. The molecule has 102 valence electrons. The molecule has 0 radical (unpaired) electrons. The molecule has 0 fully saturated rings. The summed E-state index contributed by atoms with van der Waals surface area (Å²) in [6.45, 7) is 1.96. The van der Waals surface area contributed by atoms with Gasteiger partial charge >= 0.3 is 0 Å². The van der Waals surface area contributed by atoms with Crippen LogP contribution in [0.1, 0.15) is 11.4 Å². The normalized spacial score (nSPS) is 10.9. The van der Waals surface area contributed by atoms with Crippen molar-refractivity contribution in [3.05, 3.63) is 35.2 Å². The van der Waals surface area contributed by atoms with Gasteiger partial charge in [-0.1, -0.05) is 11.8 Å². The van der Waals surface area contributed by atoms with E-state index in [1.165, 1.54) is 11.8 Å². The number of aromatic nitrogens is 4. The number of nitrogens with zero attached hydrogens (tertiary/aromatic N) is 4. The summed E-state index contributed by atoms with van der Waals surface area (Å²) in [4.78, 5) is 18.3. The predicted octanol–water partition coefficient (Wildman–Crippen LogP) is 2.37. The van der Waals surface area contributed by atoms with E-state index in [-0.39, 0.29) is 0 Å². The maximum absolute atomic E-state index is 5.50. The Kier molecular flexibility index (Phi) is 3.77. The van der Waals surface area contributed by atoms with Crippen LogP contribution >= 0.6 is 23.1 Å². The van der Waals surface area contributed by atoms with Gasteiger partial charge in [-0.2, -0.15) is 0 Å². The molecule has 3 N–H and O–H groups in total. The van der Waals surface area contributed by atoms with E-state index in [0.717, 1.165) is 15.8 Å². The number of nitrogen functional groups attached to an aromatic ring is 1. The van der Waals surface area contributed by atoms with Crippen LogP contribution in [-0.2, 0) is 5.75 Å². The van der Waals surface area contributed by atoms with Crippen molar-refractivity contribution >= 4 is 39.1 Å². The molecule has 3 aromatic heterocycles. The van der Waals surface area contributed by atoms with E-state index in [1.54, 1.807) is 23.7 Å². The molecule has 3 rings (SSSR count). The highest BCUT2D eigenvalue weighted by atomic mass is 32.2. The smallest absolute Gasteiger partial charge is 0.187 e. The molecule has 3 heterocycles. The second-order valence-corrected chi connectivity index (χ2v) is 5.94. The van der Waals surface area contributed by atoms with E-state index in [0.29, 0.717) is 22.6 Å². The number of hydrazine groups is 1. The Bertz CT molecular complexity index is 724. The molecule has 20 heavy (non-hydrogen) atoms. The summed E-state index contributed by atoms with van der Waals surface area (Å²) in [5.41, 5.74) is 3.66. The number of hydrogen-bond acceptors (Lipinski definition) is 8. The highest BCUT2D eigenvalue weighted by Gasteiger charge is 2.09. The number of nitrogens with two attached hydrogens (primary N) is 1. The molecule has 0 saturated heterocycles. The minimum Gasteiger partial charge on any atom is -0.308 e. The summed E-state index contributed by atoms with van der Waals surface area (Å²) in [7, 11) is 0. The molecule has 6 nitrogen and oxygen atoms in total. The van der Waals surface area contributed by atoms with Gasteiger partial charge in [0, 0.05) is 12.4 Å². The number of thioether (sulfide) groups is 1. The fourth-order valence-electron chi connectivity index (χ4n) is 1.66. The minimum atomic E-state index is 0.603. The van der Waals surface area contributed by atoms with Gasteiger partial charge in [0.1, 0.15) is 10.7 Å². The van der Waals surface area contributed by atoms with Crippen LogP contribution in [0.5, 0.6) is 0 Å². The second-order valence-electron chi connectivity index (χ2n) is 4.10. The number of nitrogens with one attached hydrogen (secondary N) is 1. The molecular formula is C12H12N6S2. The average molecular weight is 304 g/mol. The van der Waals surface area contributed by atoms with Crippen LogP contribution in [0.25, 0.3) is 10.2 Å². The van der Waals surface area contributed by atoms with Crippen LogP contribution in [0.2, 0.25) is 0 Å². The summed E-state index contributed by atoms with van der Waals surface area (Å²) in [5.74, 6) is 7.46. The quantitative estimate of drug-likeness (QED) is 0.331. The van der Waals surface area contributed by atoms with Crippen molar-refractivity contribution in [2.24, 2.45) is 5.84 Å². The van der Waals surface area contributed by atoms with E-state index in [1.807, 2.05) is 18.4 Å². The van der Waals surface area contributed by atoms with Crippen LogP contribution in [0.4, 0.5) is 5.82 Å². The molecule has 0 spiro atoms. The number of thiophene rings is 1. The summed E-state index contributed by atoms with van der Waals surface area (Å²) in [6.07, 6.45) is 3.59. The molecule has 0 aliphatic carbocycles. The molecule has 3 aromatic rings. The monoisotopic (exact) mass is 304 g/mol. The van der Waals surface area contributed by atoms with E-state index in [9.17, 15) is 0 Å². The van der Waals surface area contributed by atoms with Crippen molar-refractivity contribution in [2.45, 2.75) is 17.8 Å². The standard InChI is InChI=1S/C12H12N6S2/c1-7-4-14-12(15-5-7)20-6-9-16-10(18-13)8-2-3-19-11(8)17-9/h2-5H,6,13H2,1H3,(H,16,17,18). The van der Waals surface area contributed by atoms with Crippen LogP contribution in [0.15, 0.2) is 29.0 Å². The number of fused-ring (bicyclic) bond motifs is 1. The van der Waals surface area contributed by atoms with Crippen LogP contribution in [-0.4, -0.2) is 19.9 Å². The van der Waals surface area contributed by atoms with Crippen molar-refractivity contribution < 1.29 is 0 Å². The van der Waals surface area contributed by atoms with Gasteiger partial charge in [0.15, 0.2) is 11.0 Å². The fourth-order valence-corrected chi connectivity index (χ4v) is 3.08. The first-order chi connectivity index (χ1) is 9.76. The van der Waals surface area contributed by atoms with Gasteiger partial charge < -0.3 is 5.43 Å². The summed E-state index contributed by atoms with van der Waals surface area (Å²) >= 11 is 3.07. The van der Waals surface area contributed by atoms with E-state index in [2.05, 4.69) is 25.4 Å². The molecule has 0 aliphatic rings. The van der Waals surface area contributed by atoms with Crippen molar-refractivity contribution in [3.8, 4) is 0 Å². The van der Waals surface area contributed by atoms with Crippen LogP contribution in [0.3, 0.4) is 0 Å². The summed E-state index contributed by atoms with van der Waals surface area (Å²) < 4.78 is 0. The Morgan fingerprint density at radius 1 is 1.30 bits per heavy atom. The van der Waals surface area contributed by atoms with Gasteiger partial charge in [-0.05, 0) is 23.9 Å². The Morgan fingerprint density at radius 3 is 2.85 bits per heavy atom. The van der Waals surface area contributed by atoms with Crippen molar-refractivity contribution in [2.75, 3.05) is 5.43 Å². The summed E-state index contributed by atoms with van der Waals surface area (Å²) in [6, 6.07) is 1.95. The third kappa shape index (κ3) is 2.72. The molecule has 0 unspecified atom stereocenters. The van der Waals surface area contributed by atoms with Crippen LogP contribution in [0, 0.1) is 6.92 Å². The molecule has 0 aromatic carbocycles. The SMILES string of the molecule is Cc1cnc(SCc2nc(NN)c3ccsc3n2)nc1. The van der Waals surface area contributed by atoms with Gasteiger partial charge in [0.2, 0.25) is 0 Å². The molecule has 0 aliphatic heterocycles. The summed E-state index contributed by atoms with van der Waals surface area (Å²) in [5, 5.41) is 3.63. The predicted molar refractivity (Wildman–Crippen MR) is 81.6 cm³/mol. The van der Waals surface area contributed by atoms with Gasteiger partial charge in [-0.25, -0.2) is 25.8 Å². The first kappa shape index (κ1) is 13.2. The number of hydrogen-bond donors (Lipinski definition) is 2. The maximum Gasteiger partial charge on any atom is 0.187 e. The van der Waals surface area contributed by atoms with Crippen LogP contribution < -0.4 is 11.3 Å². The van der Waals surface area contributed by atoms with E-state index < -0.39 is 0 Å². The van der Waals surface area contributed by atoms with Gasteiger partial charge in [-0.3, -0.25) is 0 Å². The van der Waals surface area contributed by atoms with E-state index >= 15 is 0 Å². The third-order valence-corrected chi connectivity index (χ3v) is 4.27. The lowest BCUT2D eigenvalue weighted by Crippen LogP contribution is -2.10. The highest BCUT2D eigenvalue weighted by Crippen LogP contribution is 2.26. The van der Waals surface area contributed by atoms with Crippen molar-refractivity contribution in [3.63, 3.8) is 0 Å². The number of aryl methyl sites for hydroxylation is 1. The Balaban J connectivity index is 1.81. The largest absolute Gasteiger partial charge is 0.308 e. The molecule has 0 amide bonds. The Hall–Kier alpha value is -1.77. The third-order valence-electron chi connectivity index (χ3n) is 2.60.